The predicted octanol–water partition coefficient (Wildman–Crippen LogP) is 12.3. The van der Waals surface area contributed by atoms with Gasteiger partial charge in [0.15, 0.2) is 8.07 Å². The summed E-state index contributed by atoms with van der Waals surface area (Å²) in [6, 6.07) is 89.4. The Balaban J connectivity index is 1.21. The smallest absolute Gasteiger partial charge is 0.179 e. The van der Waals surface area contributed by atoms with E-state index in [1.165, 1.54) is 43.0 Å². The molecule has 0 spiro atoms. The van der Waals surface area contributed by atoms with Crippen molar-refractivity contribution in [1.82, 2.24) is 0 Å². The van der Waals surface area contributed by atoms with Gasteiger partial charge in [-0.1, -0.05) is 184 Å². The van der Waals surface area contributed by atoms with Gasteiger partial charge >= 0.3 is 0 Å². The van der Waals surface area contributed by atoms with Gasteiger partial charge in [0.2, 0.25) is 0 Å². The van der Waals surface area contributed by atoms with E-state index < -0.39 is 8.07 Å². The lowest BCUT2D eigenvalue weighted by atomic mass is 9.82. The van der Waals surface area contributed by atoms with E-state index in [9.17, 15) is 0 Å². The lowest BCUT2D eigenvalue weighted by Crippen LogP contribution is -2.74. The molecule has 0 N–H and O–H groups in total. The van der Waals surface area contributed by atoms with Crippen LogP contribution in [0.2, 0.25) is 0 Å². The van der Waals surface area contributed by atoms with Crippen molar-refractivity contribution in [2.24, 2.45) is 0 Å². The van der Waals surface area contributed by atoms with Crippen LogP contribution in [0, 0.1) is 0 Å². The maximum atomic E-state index is 2.48. The number of para-hydroxylation sites is 3. The number of fused-ring (bicyclic) bond motifs is 3. The van der Waals surface area contributed by atoms with E-state index in [0.717, 1.165) is 34.1 Å². The van der Waals surface area contributed by atoms with Crippen molar-refractivity contribution >= 4 is 62.9 Å². The molecular weight excluding hydrogens is 741 g/mol. The molecule has 0 fully saturated rings. The molecule has 0 aliphatic heterocycles. The van der Waals surface area contributed by atoms with Gasteiger partial charge in [0.05, 0.1) is 0 Å². The first kappa shape index (κ1) is 37.1. The second kappa shape index (κ2) is 15.5. The normalized spacial score (nSPS) is 12.6. The first-order chi connectivity index (χ1) is 29.5. The maximum Gasteiger partial charge on any atom is 0.179 e. The Morgan fingerprint density at radius 2 is 0.633 bits per heavy atom. The molecule has 0 aromatic heterocycles. The molecule has 1 aliphatic rings. The van der Waals surface area contributed by atoms with Crippen LogP contribution >= 0.6 is 0 Å². The topological polar surface area (TPSA) is 6.48 Å². The Morgan fingerprint density at radius 3 is 1.12 bits per heavy atom. The van der Waals surface area contributed by atoms with Gasteiger partial charge in [-0.25, -0.2) is 0 Å². The Bertz CT molecular complexity index is 2810. The zero-order chi connectivity index (χ0) is 40.5. The van der Waals surface area contributed by atoms with Crippen LogP contribution in [0.1, 0.15) is 25.0 Å². The van der Waals surface area contributed by atoms with E-state index in [2.05, 4.69) is 266 Å². The summed E-state index contributed by atoms with van der Waals surface area (Å²) < 4.78 is 0. The molecule has 0 heterocycles. The number of anilines is 6. The van der Waals surface area contributed by atoms with E-state index in [-0.39, 0.29) is 5.41 Å². The van der Waals surface area contributed by atoms with Crippen LogP contribution in [0.15, 0.2) is 243 Å². The Kier molecular flexibility index (Phi) is 9.59. The van der Waals surface area contributed by atoms with E-state index in [4.69, 9.17) is 0 Å². The fourth-order valence-corrected chi connectivity index (χ4v) is 14.4. The zero-order valence-electron chi connectivity index (χ0n) is 34.0. The fraction of sp³-hybridized carbons (Fsp3) is 0.0526. The van der Waals surface area contributed by atoms with Crippen molar-refractivity contribution < 1.29 is 0 Å². The van der Waals surface area contributed by atoms with Crippen molar-refractivity contribution in [2.45, 2.75) is 19.3 Å². The van der Waals surface area contributed by atoms with Crippen LogP contribution in [0.4, 0.5) is 34.1 Å². The minimum absolute atomic E-state index is 0.0658. The Labute approximate surface area is 355 Å². The molecule has 1 aliphatic carbocycles. The summed E-state index contributed by atoms with van der Waals surface area (Å²) in [5.41, 5.74) is 12.1. The third kappa shape index (κ3) is 6.35. The van der Waals surface area contributed by atoms with Crippen molar-refractivity contribution in [1.29, 1.82) is 0 Å². The monoisotopic (exact) mass is 786 g/mol. The average Bonchev–Trinajstić information content (AvgIpc) is 3.54. The molecule has 288 valence electrons. The Hall–Kier alpha value is -7.20. The van der Waals surface area contributed by atoms with E-state index >= 15 is 0 Å². The van der Waals surface area contributed by atoms with Crippen molar-refractivity contribution in [3.05, 3.63) is 254 Å². The highest BCUT2D eigenvalue weighted by molar-refractivity contribution is 7.20. The first-order valence-corrected chi connectivity index (χ1v) is 22.9. The van der Waals surface area contributed by atoms with E-state index in [1.807, 2.05) is 0 Å². The van der Waals surface area contributed by atoms with Gasteiger partial charge in [-0.3, -0.25) is 0 Å². The predicted molar refractivity (Wildman–Crippen MR) is 257 cm³/mol. The molecular formula is C57H46N2Si. The van der Waals surface area contributed by atoms with Gasteiger partial charge in [-0.05, 0) is 116 Å². The van der Waals surface area contributed by atoms with Gasteiger partial charge in [-0.2, -0.15) is 0 Å². The molecule has 9 aromatic carbocycles. The summed E-state index contributed by atoms with van der Waals surface area (Å²) in [6.45, 7) is 4.70. The van der Waals surface area contributed by atoms with Crippen LogP contribution in [0.25, 0.3) is 11.1 Å². The highest BCUT2D eigenvalue weighted by Crippen LogP contribution is 2.50. The van der Waals surface area contributed by atoms with Gasteiger partial charge < -0.3 is 9.80 Å². The van der Waals surface area contributed by atoms with Crippen LogP contribution in [0.3, 0.4) is 0 Å². The van der Waals surface area contributed by atoms with Crippen molar-refractivity contribution in [3.63, 3.8) is 0 Å². The summed E-state index contributed by atoms with van der Waals surface area (Å²) in [5.74, 6) is 0. The molecule has 0 unspecified atom stereocenters. The second-order valence-corrected chi connectivity index (χ2v) is 20.0. The summed E-state index contributed by atoms with van der Waals surface area (Å²) in [6.07, 6.45) is 0. The van der Waals surface area contributed by atoms with Gasteiger partial charge in [0.25, 0.3) is 0 Å². The molecule has 60 heavy (non-hydrogen) atoms. The minimum Gasteiger partial charge on any atom is -0.311 e. The first-order valence-electron chi connectivity index (χ1n) is 20.9. The van der Waals surface area contributed by atoms with Crippen molar-refractivity contribution in [2.75, 3.05) is 9.80 Å². The van der Waals surface area contributed by atoms with Gasteiger partial charge in [0, 0.05) is 39.5 Å². The van der Waals surface area contributed by atoms with Crippen LogP contribution in [-0.2, 0) is 5.41 Å². The summed E-state index contributed by atoms with van der Waals surface area (Å²) >= 11 is 0. The number of nitrogens with zero attached hydrogens (tertiary/aromatic N) is 2. The molecule has 3 heteroatoms. The highest BCUT2D eigenvalue weighted by Gasteiger charge is 2.42. The molecule has 10 rings (SSSR count). The molecule has 0 saturated heterocycles. The molecule has 0 amide bonds. The second-order valence-electron chi connectivity index (χ2n) is 16.2. The van der Waals surface area contributed by atoms with E-state index in [1.54, 1.807) is 0 Å². The summed E-state index contributed by atoms with van der Waals surface area (Å²) in [7, 11) is -2.99. The molecule has 0 atom stereocenters. The van der Waals surface area contributed by atoms with E-state index in [0.29, 0.717) is 0 Å². The number of benzene rings is 9. The molecule has 9 aromatic rings. The number of hydrogen-bond donors (Lipinski definition) is 0. The van der Waals surface area contributed by atoms with Gasteiger partial charge in [-0.15, -0.1) is 0 Å². The van der Waals surface area contributed by atoms with Crippen LogP contribution < -0.4 is 30.5 Å². The lowest BCUT2D eigenvalue weighted by molar-refractivity contribution is 0.660. The SMILES string of the molecule is CC1(C)c2ccccc2-c2cc(N(c3ccccc3)c3cccc([Si](c4ccccc4)(c4ccccc4)c4cccc(N(c5ccccc5)c5ccccc5)c4)c3)ccc21. The molecule has 0 saturated carbocycles. The third-order valence-corrected chi connectivity index (χ3v) is 17.1. The van der Waals surface area contributed by atoms with Gasteiger partial charge in [0.1, 0.15) is 0 Å². The quantitative estimate of drug-likeness (QED) is 0.101. The average molecular weight is 787 g/mol. The molecule has 2 nitrogen and oxygen atoms in total. The van der Waals surface area contributed by atoms with Crippen molar-refractivity contribution in [3.8, 4) is 11.1 Å². The molecule has 0 radical (unpaired) electrons. The maximum absolute atomic E-state index is 2.99. The lowest BCUT2D eigenvalue weighted by Gasteiger charge is -2.36. The third-order valence-electron chi connectivity index (χ3n) is 12.4. The summed E-state index contributed by atoms with van der Waals surface area (Å²) in [5, 5.41) is 5.29. The van der Waals surface area contributed by atoms with Crippen LogP contribution in [-0.4, -0.2) is 8.07 Å². The molecule has 0 bridgehead atoms. The summed E-state index contributed by atoms with van der Waals surface area (Å²) in [4.78, 5) is 4.81. The Morgan fingerprint density at radius 1 is 0.283 bits per heavy atom. The number of rotatable bonds is 10. The largest absolute Gasteiger partial charge is 0.311 e. The van der Waals surface area contributed by atoms with Crippen LogP contribution in [0.5, 0.6) is 0 Å². The highest BCUT2D eigenvalue weighted by atomic mass is 28.3. The standard InChI is InChI=1S/C57H46N2Si/c1-57(2)55-37-19-18-36-53(55)54-42-48(38-39-56(54)57)59(45-26-12-5-13-27-45)47-29-21-35-52(41-47)60(49-30-14-6-15-31-49,50-32-16-7-17-33-50)51-34-20-28-46(40-51)58(43-22-8-3-9-23-43)44-24-10-4-11-25-44/h3-42H,1-2H3. The zero-order valence-corrected chi connectivity index (χ0v) is 35.0. The fourth-order valence-electron chi connectivity index (χ4n) is 9.61. The minimum atomic E-state index is -2.99. The number of hydrogen-bond acceptors (Lipinski definition) is 2.